The zero-order valence-corrected chi connectivity index (χ0v) is 23.3. The van der Waals surface area contributed by atoms with Crippen LogP contribution in [0.2, 0.25) is 0 Å². The molecular weight excluding hydrogens is 431 g/mol. The molecule has 0 aromatic carbocycles. The fraction of sp³-hybridized carbons (Fsp3) is 1.00. The number of rotatable bonds is 18. The molecule has 7 nitrogen and oxygen atoms in total. The Bertz CT molecular complexity index is 505. The molecule has 0 rings (SSSR count). The van der Waals surface area contributed by atoms with Crippen LogP contribution < -0.4 is 0 Å². The fourth-order valence-electron chi connectivity index (χ4n) is 3.12. The lowest BCUT2D eigenvalue weighted by molar-refractivity contribution is -0.196. The van der Waals surface area contributed by atoms with Gasteiger partial charge in [0.2, 0.25) is 0 Å². The molecule has 0 fully saturated rings. The highest BCUT2D eigenvalue weighted by molar-refractivity contribution is 7.52. The molecule has 7 unspecified atom stereocenters. The van der Waals surface area contributed by atoms with E-state index in [9.17, 15) is 10.2 Å². The van der Waals surface area contributed by atoms with Gasteiger partial charge in [-0.2, -0.15) is 0 Å². The molecule has 0 radical (unpaired) electrons. The highest BCUT2D eigenvalue weighted by atomic mass is 31.1. The standard InChI is InChI=1S/C24H51O7P/c1-12-22(8,19(5)25)28-15-24(14-27-10,17-30-32(11)21(7)26)16-29-23(9,13-2)20(6)31-18(3)4/h18-21,25-26H,12-17H2,1-11H3. The third kappa shape index (κ3) is 10.2. The number of hydrogen-bond donors (Lipinski definition) is 2. The molecule has 0 saturated carbocycles. The van der Waals surface area contributed by atoms with Crippen molar-refractivity contribution in [2.75, 3.05) is 40.2 Å². The lowest BCUT2D eigenvalue weighted by Gasteiger charge is -2.42. The van der Waals surface area contributed by atoms with E-state index < -0.39 is 36.7 Å². The lowest BCUT2D eigenvalue weighted by atomic mass is 9.89. The molecule has 0 spiro atoms. The Labute approximate surface area is 198 Å². The molecule has 0 bridgehead atoms. The number of hydrogen-bond acceptors (Lipinski definition) is 7. The van der Waals surface area contributed by atoms with Gasteiger partial charge in [0, 0.05) is 7.11 Å². The summed E-state index contributed by atoms with van der Waals surface area (Å²) in [6, 6.07) is 0. The minimum atomic E-state index is -1.02. The van der Waals surface area contributed by atoms with Gasteiger partial charge in [-0.05, 0) is 68.0 Å². The first-order valence-corrected chi connectivity index (χ1v) is 13.6. The third-order valence-corrected chi connectivity index (χ3v) is 8.18. The van der Waals surface area contributed by atoms with Crippen molar-refractivity contribution >= 4 is 8.15 Å². The van der Waals surface area contributed by atoms with Gasteiger partial charge in [-0.1, -0.05) is 13.8 Å². The molecule has 0 aliphatic carbocycles. The van der Waals surface area contributed by atoms with Crippen molar-refractivity contribution in [2.24, 2.45) is 5.41 Å². The maximum atomic E-state index is 10.3. The van der Waals surface area contributed by atoms with Gasteiger partial charge >= 0.3 is 0 Å². The van der Waals surface area contributed by atoms with Crippen LogP contribution in [0, 0.1) is 5.41 Å². The number of aliphatic hydroxyl groups is 2. The summed E-state index contributed by atoms with van der Waals surface area (Å²) in [7, 11) is 0.627. The van der Waals surface area contributed by atoms with Crippen LogP contribution in [0.3, 0.4) is 0 Å². The summed E-state index contributed by atoms with van der Waals surface area (Å²) in [6.45, 7) is 20.8. The first-order valence-electron chi connectivity index (χ1n) is 11.8. The van der Waals surface area contributed by atoms with Crippen LogP contribution in [-0.2, 0) is 23.5 Å². The van der Waals surface area contributed by atoms with Gasteiger partial charge < -0.3 is 33.7 Å². The first kappa shape index (κ1) is 32.1. The van der Waals surface area contributed by atoms with Crippen LogP contribution in [0.15, 0.2) is 0 Å². The van der Waals surface area contributed by atoms with Gasteiger partial charge in [0.05, 0.1) is 75.4 Å². The predicted octanol–water partition coefficient (Wildman–Crippen LogP) is 4.57. The average molecular weight is 483 g/mol. The predicted molar refractivity (Wildman–Crippen MR) is 131 cm³/mol. The summed E-state index contributed by atoms with van der Waals surface area (Å²) >= 11 is 0. The Morgan fingerprint density at radius 1 is 0.812 bits per heavy atom. The molecular formula is C24H51O7P. The van der Waals surface area contributed by atoms with Crippen LogP contribution in [0.25, 0.3) is 0 Å². The Kier molecular flexibility index (Phi) is 14.6. The molecule has 2 N–H and O–H groups in total. The van der Waals surface area contributed by atoms with E-state index in [0.29, 0.717) is 26.2 Å². The smallest absolute Gasteiger partial charge is 0.0947 e. The molecule has 0 heterocycles. The third-order valence-electron chi connectivity index (χ3n) is 6.59. The molecule has 32 heavy (non-hydrogen) atoms. The molecule has 0 aliphatic heterocycles. The normalized spacial score (nSPS) is 21.9. The van der Waals surface area contributed by atoms with Gasteiger partial charge in [0.1, 0.15) is 0 Å². The van der Waals surface area contributed by atoms with Crippen molar-refractivity contribution in [1.29, 1.82) is 0 Å². The molecule has 8 heteroatoms. The van der Waals surface area contributed by atoms with Crippen molar-refractivity contribution in [2.45, 2.75) is 111 Å². The maximum absolute atomic E-state index is 10.3. The second kappa shape index (κ2) is 14.5. The molecule has 0 amide bonds. The second-order valence-corrected chi connectivity index (χ2v) is 11.9. The highest BCUT2D eigenvalue weighted by Gasteiger charge is 2.41. The summed E-state index contributed by atoms with van der Waals surface area (Å²) in [5, 5.41) is 20.2. The summed E-state index contributed by atoms with van der Waals surface area (Å²) in [4.78, 5) is 0. The molecule has 0 aromatic heterocycles. The minimum absolute atomic E-state index is 0.0980. The molecule has 0 aromatic rings. The van der Waals surface area contributed by atoms with E-state index in [-0.39, 0.29) is 18.8 Å². The maximum Gasteiger partial charge on any atom is 0.0947 e. The largest absolute Gasteiger partial charge is 0.390 e. The zero-order valence-electron chi connectivity index (χ0n) is 22.4. The van der Waals surface area contributed by atoms with Crippen molar-refractivity contribution in [3.63, 3.8) is 0 Å². The van der Waals surface area contributed by atoms with Crippen molar-refractivity contribution < 1.29 is 33.7 Å². The average Bonchev–Trinajstić information content (AvgIpc) is 2.73. The van der Waals surface area contributed by atoms with Gasteiger partial charge in [0.15, 0.2) is 0 Å². The van der Waals surface area contributed by atoms with Gasteiger partial charge in [-0.15, -0.1) is 0 Å². The SMILES string of the molecule is CCC(C)(OCC(COC)(COP(C)C(C)O)COC(C)(CC)C(C)OC(C)C)C(C)O. The van der Waals surface area contributed by atoms with Crippen LogP contribution in [0.5, 0.6) is 0 Å². The molecule has 7 atom stereocenters. The Morgan fingerprint density at radius 3 is 1.69 bits per heavy atom. The molecule has 0 aliphatic rings. The van der Waals surface area contributed by atoms with Crippen molar-refractivity contribution in [3.8, 4) is 0 Å². The van der Waals surface area contributed by atoms with Crippen LogP contribution in [0.4, 0.5) is 0 Å². The topological polar surface area (TPSA) is 86.6 Å². The van der Waals surface area contributed by atoms with E-state index in [1.807, 2.05) is 41.3 Å². The van der Waals surface area contributed by atoms with E-state index in [2.05, 4.69) is 13.8 Å². The first-order chi connectivity index (χ1) is 14.7. The van der Waals surface area contributed by atoms with Gasteiger partial charge in [0.25, 0.3) is 0 Å². The van der Waals surface area contributed by atoms with Crippen LogP contribution in [-0.4, -0.2) is 85.8 Å². The quantitative estimate of drug-likeness (QED) is 0.277. The number of methoxy groups -OCH3 is 1. The second-order valence-electron chi connectivity index (χ2n) is 9.80. The molecule has 0 saturated heterocycles. The summed E-state index contributed by atoms with van der Waals surface area (Å²) in [6.07, 6.45) is 0.806. The van der Waals surface area contributed by atoms with Crippen LogP contribution >= 0.6 is 8.15 Å². The Morgan fingerprint density at radius 2 is 1.31 bits per heavy atom. The van der Waals surface area contributed by atoms with E-state index in [0.717, 1.165) is 6.42 Å². The molecule has 194 valence electrons. The van der Waals surface area contributed by atoms with Crippen LogP contribution in [0.1, 0.15) is 75.2 Å². The van der Waals surface area contributed by atoms with Crippen molar-refractivity contribution in [3.05, 3.63) is 0 Å². The highest BCUT2D eigenvalue weighted by Crippen LogP contribution is 2.40. The summed E-state index contributed by atoms with van der Waals surface area (Å²) in [5.74, 6) is -0.536. The van der Waals surface area contributed by atoms with Crippen molar-refractivity contribution in [1.82, 2.24) is 0 Å². The number of aliphatic hydroxyl groups excluding tert-OH is 2. The summed E-state index contributed by atoms with van der Waals surface area (Å²) < 4.78 is 30.5. The van der Waals surface area contributed by atoms with Gasteiger partial charge in [-0.3, -0.25) is 0 Å². The number of ether oxygens (including phenoxy) is 4. The minimum Gasteiger partial charge on any atom is -0.390 e. The fourth-order valence-corrected chi connectivity index (χ4v) is 3.81. The monoisotopic (exact) mass is 482 g/mol. The van der Waals surface area contributed by atoms with E-state index in [1.54, 1.807) is 21.0 Å². The Hall–Kier alpha value is 0.150. The summed E-state index contributed by atoms with van der Waals surface area (Å²) in [5.41, 5.74) is -1.80. The van der Waals surface area contributed by atoms with E-state index in [4.69, 9.17) is 23.5 Å². The lowest BCUT2D eigenvalue weighted by Crippen LogP contribution is -2.50. The zero-order chi connectivity index (χ0) is 25.2. The van der Waals surface area contributed by atoms with E-state index >= 15 is 0 Å². The Balaban J connectivity index is 5.77. The van der Waals surface area contributed by atoms with E-state index in [1.165, 1.54) is 0 Å². The van der Waals surface area contributed by atoms with Gasteiger partial charge in [-0.25, -0.2) is 0 Å².